The SMILES string of the molecule is N#Cc1cccc(-c2nc(N)c(C(=O)NOCCN3CCOCC3)c(OCCF)n2)c1. The fourth-order valence-electron chi connectivity index (χ4n) is 2.93. The Hall–Kier alpha value is -3.33. The van der Waals surface area contributed by atoms with Gasteiger partial charge in [0.05, 0.1) is 31.5 Å². The van der Waals surface area contributed by atoms with E-state index in [0.717, 1.165) is 13.1 Å². The molecule has 1 amide bonds. The van der Waals surface area contributed by atoms with E-state index in [1.54, 1.807) is 24.3 Å². The van der Waals surface area contributed by atoms with Gasteiger partial charge in [-0.25, -0.2) is 14.9 Å². The van der Waals surface area contributed by atoms with Gasteiger partial charge in [-0.3, -0.25) is 14.5 Å². The predicted octanol–water partition coefficient (Wildman–Crippen LogP) is 0.939. The van der Waals surface area contributed by atoms with Crippen molar-refractivity contribution in [2.75, 3.05) is 58.5 Å². The average Bonchev–Trinajstić information content (AvgIpc) is 2.80. The number of ether oxygens (including phenoxy) is 2. The van der Waals surface area contributed by atoms with Crippen LogP contribution in [0.15, 0.2) is 24.3 Å². The van der Waals surface area contributed by atoms with Crippen molar-refractivity contribution < 1.29 is 23.5 Å². The lowest BCUT2D eigenvalue weighted by molar-refractivity contribution is -0.00188. The number of hydroxylamine groups is 1. The van der Waals surface area contributed by atoms with Crippen molar-refractivity contribution in [2.24, 2.45) is 0 Å². The van der Waals surface area contributed by atoms with Crippen LogP contribution >= 0.6 is 0 Å². The molecule has 0 aliphatic carbocycles. The molecule has 10 nitrogen and oxygen atoms in total. The van der Waals surface area contributed by atoms with Gasteiger partial charge in [0.2, 0.25) is 5.88 Å². The maximum absolute atomic E-state index is 12.7. The van der Waals surface area contributed by atoms with Gasteiger partial charge >= 0.3 is 0 Å². The molecule has 0 unspecified atom stereocenters. The number of amides is 1. The Labute approximate surface area is 178 Å². The largest absolute Gasteiger partial charge is 0.474 e. The molecule has 0 bridgehead atoms. The van der Waals surface area contributed by atoms with Crippen LogP contribution in [0.4, 0.5) is 10.2 Å². The number of hydrogen-bond donors (Lipinski definition) is 2. The molecule has 1 saturated heterocycles. The quantitative estimate of drug-likeness (QED) is 0.440. The molecule has 1 aromatic heterocycles. The number of nitriles is 1. The highest BCUT2D eigenvalue weighted by Crippen LogP contribution is 2.26. The van der Waals surface area contributed by atoms with Crippen LogP contribution < -0.4 is 16.0 Å². The number of rotatable bonds is 9. The third-order valence-corrected chi connectivity index (χ3v) is 4.47. The number of nitrogens with zero attached hydrogens (tertiary/aromatic N) is 4. The molecule has 0 radical (unpaired) electrons. The number of nitrogens with two attached hydrogens (primary N) is 1. The van der Waals surface area contributed by atoms with Crippen molar-refractivity contribution in [3.63, 3.8) is 0 Å². The molecule has 1 fully saturated rings. The highest BCUT2D eigenvalue weighted by molar-refractivity contribution is 6.00. The van der Waals surface area contributed by atoms with Gasteiger partial charge in [0, 0.05) is 25.2 Å². The summed E-state index contributed by atoms with van der Waals surface area (Å²) in [6.45, 7) is 2.72. The molecule has 0 saturated carbocycles. The number of carbonyl (C=O) groups excluding carboxylic acids is 1. The summed E-state index contributed by atoms with van der Waals surface area (Å²) in [6.07, 6.45) is 0. The van der Waals surface area contributed by atoms with Gasteiger partial charge in [0.25, 0.3) is 5.91 Å². The van der Waals surface area contributed by atoms with Crippen molar-refractivity contribution in [3.8, 4) is 23.3 Å². The summed E-state index contributed by atoms with van der Waals surface area (Å²) in [7, 11) is 0. The monoisotopic (exact) mass is 430 g/mol. The smallest absolute Gasteiger partial charge is 0.284 e. The molecule has 11 heteroatoms. The van der Waals surface area contributed by atoms with E-state index in [1.165, 1.54) is 0 Å². The molecule has 1 aliphatic heterocycles. The Morgan fingerprint density at radius 2 is 2.13 bits per heavy atom. The highest BCUT2D eigenvalue weighted by Gasteiger charge is 2.22. The van der Waals surface area contributed by atoms with Crippen LogP contribution in [0.5, 0.6) is 5.88 Å². The number of halogens is 1. The first-order valence-electron chi connectivity index (χ1n) is 9.71. The number of carbonyl (C=O) groups is 1. The summed E-state index contributed by atoms with van der Waals surface area (Å²) in [6, 6.07) is 8.57. The van der Waals surface area contributed by atoms with E-state index in [2.05, 4.69) is 20.3 Å². The lowest BCUT2D eigenvalue weighted by Gasteiger charge is -2.26. The van der Waals surface area contributed by atoms with E-state index in [9.17, 15) is 9.18 Å². The summed E-state index contributed by atoms with van der Waals surface area (Å²) in [5, 5.41) is 9.08. The van der Waals surface area contributed by atoms with Crippen molar-refractivity contribution in [1.82, 2.24) is 20.3 Å². The number of aromatic nitrogens is 2. The Kier molecular flexibility index (Phi) is 8.05. The molecule has 3 N–H and O–H groups in total. The van der Waals surface area contributed by atoms with Gasteiger partial charge in [0.1, 0.15) is 24.7 Å². The number of anilines is 1. The highest BCUT2D eigenvalue weighted by atomic mass is 19.1. The summed E-state index contributed by atoms with van der Waals surface area (Å²) in [5.41, 5.74) is 9.05. The number of benzene rings is 1. The minimum Gasteiger partial charge on any atom is -0.474 e. The van der Waals surface area contributed by atoms with Gasteiger partial charge in [-0.2, -0.15) is 10.2 Å². The number of alkyl halides is 1. The van der Waals surface area contributed by atoms with Crippen LogP contribution in [0, 0.1) is 11.3 Å². The van der Waals surface area contributed by atoms with E-state index in [-0.39, 0.29) is 36.3 Å². The van der Waals surface area contributed by atoms with Gasteiger partial charge in [-0.1, -0.05) is 12.1 Å². The van der Waals surface area contributed by atoms with Gasteiger partial charge in [-0.15, -0.1) is 0 Å². The fourth-order valence-corrected chi connectivity index (χ4v) is 2.93. The summed E-state index contributed by atoms with van der Waals surface area (Å²) in [5.74, 6) is -0.883. The summed E-state index contributed by atoms with van der Waals surface area (Å²) >= 11 is 0. The molecule has 3 rings (SSSR count). The molecule has 164 valence electrons. The first kappa shape index (κ1) is 22.4. The minimum absolute atomic E-state index is 0.147. The maximum Gasteiger partial charge on any atom is 0.284 e. The van der Waals surface area contributed by atoms with Crippen LogP contribution in [0.2, 0.25) is 0 Å². The Balaban J connectivity index is 1.73. The number of hydrogen-bond acceptors (Lipinski definition) is 9. The van der Waals surface area contributed by atoms with Crippen molar-refractivity contribution in [2.45, 2.75) is 0 Å². The lowest BCUT2D eigenvalue weighted by atomic mass is 10.1. The second-order valence-corrected chi connectivity index (χ2v) is 6.58. The van der Waals surface area contributed by atoms with Crippen LogP contribution in [0.3, 0.4) is 0 Å². The van der Waals surface area contributed by atoms with Crippen LogP contribution in [-0.2, 0) is 9.57 Å². The molecule has 1 aliphatic rings. The van der Waals surface area contributed by atoms with E-state index in [4.69, 9.17) is 25.3 Å². The van der Waals surface area contributed by atoms with Crippen molar-refractivity contribution in [3.05, 3.63) is 35.4 Å². The zero-order chi connectivity index (χ0) is 22.1. The first-order chi connectivity index (χ1) is 15.1. The molecular weight excluding hydrogens is 407 g/mol. The zero-order valence-corrected chi connectivity index (χ0v) is 16.8. The topological polar surface area (TPSA) is 136 Å². The van der Waals surface area contributed by atoms with Gasteiger partial charge < -0.3 is 15.2 Å². The number of morpholine rings is 1. The molecule has 0 atom stereocenters. The number of nitrogen functional groups attached to an aromatic ring is 1. The average molecular weight is 430 g/mol. The lowest BCUT2D eigenvalue weighted by Crippen LogP contribution is -2.39. The molecule has 31 heavy (non-hydrogen) atoms. The Morgan fingerprint density at radius 1 is 1.32 bits per heavy atom. The van der Waals surface area contributed by atoms with Crippen LogP contribution in [0.1, 0.15) is 15.9 Å². The molecule has 0 spiro atoms. The number of nitrogens with one attached hydrogen (secondary N) is 1. The van der Waals surface area contributed by atoms with E-state index < -0.39 is 12.6 Å². The first-order valence-corrected chi connectivity index (χ1v) is 9.71. The van der Waals surface area contributed by atoms with Crippen LogP contribution in [-0.4, -0.2) is 73.5 Å². The van der Waals surface area contributed by atoms with Crippen LogP contribution in [0.25, 0.3) is 11.4 Å². The second-order valence-electron chi connectivity index (χ2n) is 6.58. The third kappa shape index (κ3) is 6.08. The Morgan fingerprint density at radius 3 is 2.87 bits per heavy atom. The van der Waals surface area contributed by atoms with E-state index in [0.29, 0.717) is 30.9 Å². The summed E-state index contributed by atoms with van der Waals surface area (Å²) in [4.78, 5) is 28.4. The Bertz CT molecular complexity index is 946. The third-order valence-electron chi connectivity index (χ3n) is 4.47. The van der Waals surface area contributed by atoms with Crippen molar-refractivity contribution in [1.29, 1.82) is 5.26 Å². The standard InChI is InChI=1S/C20H23FN6O4/c21-4-8-30-20-16(19(28)26-31-11-7-27-5-9-29-10-6-27)17(23)24-18(25-20)15-3-1-2-14(12-15)13-22/h1-3,12H,4-11H2,(H,26,28)(H2,23,24,25). The normalized spacial score (nSPS) is 14.1. The second kappa shape index (κ2) is 11.2. The predicted molar refractivity (Wildman–Crippen MR) is 109 cm³/mol. The minimum atomic E-state index is -0.778. The molecular formula is C20H23FN6O4. The van der Waals surface area contributed by atoms with E-state index >= 15 is 0 Å². The maximum atomic E-state index is 12.7. The molecule has 2 aromatic rings. The van der Waals surface area contributed by atoms with Gasteiger partial charge in [0.15, 0.2) is 5.82 Å². The van der Waals surface area contributed by atoms with E-state index in [1.807, 2.05) is 6.07 Å². The van der Waals surface area contributed by atoms with Crippen molar-refractivity contribution >= 4 is 11.7 Å². The molecule has 2 heterocycles. The fraction of sp³-hybridized carbons (Fsp3) is 0.400. The summed E-state index contributed by atoms with van der Waals surface area (Å²) < 4.78 is 23.3. The van der Waals surface area contributed by atoms with Gasteiger partial charge in [-0.05, 0) is 12.1 Å². The molecule has 1 aromatic carbocycles. The zero-order valence-electron chi connectivity index (χ0n) is 16.8.